The van der Waals surface area contributed by atoms with Crippen molar-refractivity contribution in [2.24, 2.45) is 0 Å². The van der Waals surface area contributed by atoms with Crippen LogP contribution in [0.3, 0.4) is 0 Å². The Hall–Kier alpha value is -5.78. The lowest BCUT2D eigenvalue weighted by atomic mass is 10.1. The van der Waals surface area contributed by atoms with E-state index in [0.29, 0.717) is 43.6 Å². The number of methoxy groups -OCH3 is 1. The molecule has 6 rings (SSSR count). The summed E-state index contributed by atoms with van der Waals surface area (Å²) < 4.78 is 15.1. The number of nitrogens with one attached hydrogen (secondary N) is 2. The number of imidazole rings is 1. The van der Waals surface area contributed by atoms with E-state index in [1.807, 2.05) is 59.3 Å². The number of hydrogen-bond acceptors (Lipinski definition) is 7. The molecule has 0 aliphatic heterocycles. The van der Waals surface area contributed by atoms with Gasteiger partial charge in [-0.2, -0.15) is 4.98 Å². The molecular formula is C37H32Cl2N6O5. The number of aromatic nitrogens is 4. The molecule has 0 saturated heterocycles. The fraction of sp³-hybridized carbons (Fsp3) is 0.135. The Morgan fingerprint density at radius 3 is 2.54 bits per heavy atom. The number of para-hydroxylation sites is 1. The molecule has 0 spiro atoms. The molecule has 0 bridgehead atoms. The maximum atomic E-state index is 12.6. The van der Waals surface area contributed by atoms with Crippen LogP contribution in [0.25, 0.3) is 22.8 Å². The summed E-state index contributed by atoms with van der Waals surface area (Å²) in [7, 11) is 3.09. The first-order valence-corrected chi connectivity index (χ1v) is 16.2. The van der Waals surface area contributed by atoms with E-state index < -0.39 is 0 Å². The van der Waals surface area contributed by atoms with Crippen molar-refractivity contribution in [1.82, 2.24) is 29.9 Å². The van der Waals surface area contributed by atoms with Gasteiger partial charge in [0.15, 0.2) is 6.61 Å². The van der Waals surface area contributed by atoms with Gasteiger partial charge in [0.2, 0.25) is 5.91 Å². The standard InChI is InChI=1S/C37H32Cl2N6O5/c1-40-36(47)25-14-11-24(12-15-25)13-18-33(46)42-21-27-8-6-20-44(27)30-17-16-29(38)28(34(30)39)23-49-32-10-5-9-31-35(32)43-37(48-2)45(31)50-22-26-7-3-4-19-41-26/h3-20H,21-23H2,1-2H3,(H,40,47)(H,42,46)/b18-13+. The Labute approximate surface area is 298 Å². The molecule has 3 aromatic carbocycles. The number of benzene rings is 3. The monoisotopic (exact) mass is 710 g/mol. The molecule has 0 unspecified atom stereocenters. The fourth-order valence-corrected chi connectivity index (χ4v) is 5.73. The van der Waals surface area contributed by atoms with Gasteiger partial charge in [0.05, 0.1) is 30.1 Å². The highest BCUT2D eigenvalue weighted by molar-refractivity contribution is 6.37. The number of carbonyl (C=O) groups excluding carboxylic acids is 2. The van der Waals surface area contributed by atoms with Gasteiger partial charge < -0.3 is 29.5 Å². The van der Waals surface area contributed by atoms with Crippen molar-refractivity contribution in [3.63, 3.8) is 0 Å². The van der Waals surface area contributed by atoms with Crippen molar-refractivity contribution in [3.05, 3.63) is 142 Å². The Balaban J connectivity index is 1.15. The average Bonchev–Trinajstić information content (AvgIpc) is 3.77. The maximum Gasteiger partial charge on any atom is 0.331 e. The molecule has 2 amide bonds. The van der Waals surface area contributed by atoms with E-state index in [1.165, 1.54) is 17.9 Å². The Morgan fingerprint density at radius 1 is 0.940 bits per heavy atom. The summed E-state index contributed by atoms with van der Waals surface area (Å²) in [4.78, 5) is 39.3. The molecule has 2 N–H and O–H groups in total. The number of hydrogen-bond donors (Lipinski definition) is 2. The lowest BCUT2D eigenvalue weighted by Gasteiger charge is -2.16. The largest absolute Gasteiger partial charge is 0.486 e. The second-order valence-corrected chi connectivity index (χ2v) is 11.7. The van der Waals surface area contributed by atoms with Gasteiger partial charge in [-0.15, -0.1) is 4.73 Å². The van der Waals surface area contributed by atoms with E-state index in [-0.39, 0.29) is 37.6 Å². The number of pyridine rings is 1. The van der Waals surface area contributed by atoms with Crippen LogP contribution in [-0.4, -0.2) is 45.2 Å². The normalized spacial score (nSPS) is 11.1. The van der Waals surface area contributed by atoms with E-state index in [9.17, 15) is 9.59 Å². The minimum Gasteiger partial charge on any atom is -0.486 e. The zero-order chi connectivity index (χ0) is 35.0. The van der Waals surface area contributed by atoms with Crippen LogP contribution in [0, 0.1) is 0 Å². The van der Waals surface area contributed by atoms with Gasteiger partial charge in [-0.1, -0.05) is 47.5 Å². The molecule has 13 heteroatoms. The number of carbonyl (C=O) groups is 2. The van der Waals surface area contributed by atoms with Crippen LogP contribution in [-0.2, 0) is 24.6 Å². The highest BCUT2D eigenvalue weighted by atomic mass is 35.5. The minimum absolute atomic E-state index is 0.0524. The lowest BCUT2D eigenvalue weighted by Crippen LogP contribution is -2.21. The van der Waals surface area contributed by atoms with Crippen LogP contribution in [0.2, 0.25) is 10.0 Å². The predicted octanol–water partition coefficient (Wildman–Crippen LogP) is 6.43. The third kappa shape index (κ3) is 7.59. The smallest absolute Gasteiger partial charge is 0.331 e. The number of ether oxygens (including phenoxy) is 2. The van der Waals surface area contributed by atoms with Gasteiger partial charge in [0.1, 0.15) is 23.4 Å². The van der Waals surface area contributed by atoms with Crippen LogP contribution in [0.5, 0.6) is 11.8 Å². The van der Waals surface area contributed by atoms with E-state index in [2.05, 4.69) is 20.6 Å². The zero-order valence-corrected chi connectivity index (χ0v) is 28.6. The van der Waals surface area contributed by atoms with Gasteiger partial charge in [0.25, 0.3) is 5.91 Å². The summed E-state index contributed by atoms with van der Waals surface area (Å²) in [5.74, 6) is 0.0329. The van der Waals surface area contributed by atoms with Crippen LogP contribution in [0.1, 0.15) is 32.9 Å². The van der Waals surface area contributed by atoms with Gasteiger partial charge in [-0.25, -0.2) is 0 Å². The first kappa shape index (κ1) is 34.1. The van der Waals surface area contributed by atoms with Crippen molar-refractivity contribution < 1.29 is 23.9 Å². The predicted molar refractivity (Wildman–Crippen MR) is 192 cm³/mol. The summed E-state index contributed by atoms with van der Waals surface area (Å²) in [6.45, 7) is 0.506. The number of fused-ring (bicyclic) bond motifs is 1. The molecule has 0 saturated carbocycles. The molecule has 3 aromatic heterocycles. The van der Waals surface area contributed by atoms with Crippen molar-refractivity contribution in [3.8, 4) is 17.4 Å². The summed E-state index contributed by atoms with van der Waals surface area (Å²) in [5.41, 5.74) is 5.31. The van der Waals surface area contributed by atoms with Gasteiger partial charge in [0, 0.05) is 47.4 Å². The summed E-state index contributed by atoms with van der Waals surface area (Å²) >= 11 is 13.6. The Morgan fingerprint density at radius 2 is 1.78 bits per heavy atom. The van der Waals surface area contributed by atoms with Crippen molar-refractivity contribution in [2.45, 2.75) is 19.8 Å². The average molecular weight is 712 g/mol. The Bertz CT molecular complexity index is 2160. The quantitative estimate of drug-likeness (QED) is 0.132. The van der Waals surface area contributed by atoms with Crippen LogP contribution in [0.15, 0.2) is 103 Å². The molecule has 0 aliphatic rings. The van der Waals surface area contributed by atoms with Crippen molar-refractivity contribution >= 4 is 52.1 Å². The van der Waals surface area contributed by atoms with Crippen molar-refractivity contribution in [2.75, 3.05) is 14.2 Å². The molecular weight excluding hydrogens is 679 g/mol. The molecule has 6 aromatic rings. The third-order valence-corrected chi connectivity index (χ3v) is 8.51. The highest BCUT2D eigenvalue weighted by Crippen LogP contribution is 2.34. The third-order valence-electron chi connectivity index (χ3n) is 7.73. The molecule has 0 aliphatic carbocycles. The summed E-state index contributed by atoms with van der Waals surface area (Å²) in [5, 5.41) is 6.32. The number of halogens is 2. The first-order chi connectivity index (χ1) is 24.4. The van der Waals surface area contributed by atoms with Crippen LogP contribution >= 0.6 is 23.2 Å². The van der Waals surface area contributed by atoms with Gasteiger partial charge >= 0.3 is 6.01 Å². The van der Waals surface area contributed by atoms with Crippen molar-refractivity contribution in [1.29, 1.82) is 0 Å². The second kappa shape index (κ2) is 15.6. The number of amides is 2. The second-order valence-electron chi connectivity index (χ2n) is 10.9. The highest BCUT2D eigenvalue weighted by Gasteiger charge is 2.19. The first-order valence-electron chi connectivity index (χ1n) is 15.5. The molecule has 0 fully saturated rings. The number of nitrogens with zero attached hydrogens (tertiary/aromatic N) is 4. The van der Waals surface area contributed by atoms with E-state index in [0.717, 1.165) is 17.0 Å². The SMILES string of the molecule is CNC(=O)c1ccc(/C=C/C(=O)NCc2cccn2-c2ccc(Cl)c(COc3cccc4c3nc(OC)n4OCc3ccccn3)c2Cl)cc1. The van der Waals surface area contributed by atoms with E-state index >= 15 is 0 Å². The zero-order valence-electron chi connectivity index (χ0n) is 27.1. The molecule has 0 radical (unpaired) electrons. The van der Waals surface area contributed by atoms with Gasteiger partial charge in [-0.05, 0) is 72.3 Å². The molecule has 11 nitrogen and oxygen atoms in total. The topological polar surface area (TPSA) is 122 Å². The van der Waals surface area contributed by atoms with E-state index in [4.69, 9.17) is 37.5 Å². The summed E-state index contributed by atoms with van der Waals surface area (Å²) in [6.07, 6.45) is 6.68. The lowest BCUT2D eigenvalue weighted by molar-refractivity contribution is -0.116. The van der Waals surface area contributed by atoms with Crippen LogP contribution in [0.4, 0.5) is 0 Å². The maximum absolute atomic E-state index is 12.6. The Kier molecular flexibility index (Phi) is 10.7. The summed E-state index contributed by atoms with van der Waals surface area (Å²) in [6, 6.07) is 25.6. The molecule has 254 valence electrons. The molecule has 0 atom stereocenters. The fourth-order valence-electron chi connectivity index (χ4n) is 5.16. The molecule has 3 heterocycles. The minimum atomic E-state index is -0.278. The van der Waals surface area contributed by atoms with E-state index in [1.54, 1.807) is 55.7 Å². The number of rotatable bonds is 13. The van der Waals surface area contributed by atoms with Gasteiger partial charge in [-0.3, -0.25) is 14.6 Å². The van der Waals surface area contributed by atoms with Crippen LogP contribution < -0.4 is 24.9 Å². The molecule has 50 heavy (non-hydrogen) atoms.